The standard InChI is InChI=1S/C23H30FN3O5S/c1-17-5-8-21(32-17)20(26-11-13-31-14-12-26)16-25-23(28)18-6-7-19(24)22(15-18)33(29,30)27-9-3-2-4-10-27/h5-8,15,20H,2-4,9-14,16H2,1H3,(H,25,28). The number of hydrogen-bond acceptors (Lipinski definition) is 6. The van der Waals surface area contributed by atoms with Crippen LogP contribution in [0.5, 0.6) is 0 Å². The topological polar surface area (TPSA) is 92.1 Å². The van der Waals surface area contributed by atoms with Gasteiger partial charge in [0, 0.05) is 38.3 Å². The van der Waals surface area contributed by atoms with Crippen LogP contribution in [0.3, 0.4) is 0 Å². The highest BCUT2D eigenvalue weighted by Crippen LogP contribution is 2.25. The molecule has 4 rings (SSSR count). The number of sulfonamides is 1. The number of benzene rings is 1. The van der Waals surface area contributed by atoms with E-state index in [1.54, 1.807) is 0 Å². The molecule has 0 bridgehead atoms. The Hall–Kier alpha value is -2.27. The van der Waals surface area contributed by atoms with E-state index >= 15 is 0 Å². The van der Waals surface area contributed by atoms with Gasteiger partial charge in [0.1, 0.15) is 22.2 Å². The van der Waals surface area contributed by atoms with Gasteiger partial charge in [0.15, 0.2) is 0 Å². The Bertz CT molecular complexity index is 1080. The molecule has 1 amide bonds. The minimum atomic E-state index is -4.00. The number of furan rings is 1. The average molecular weight is 480 g/mol. The number of carbonyl (C=O) groups is 1. The van der Waals surface area contributed by atoms with E-state index in [-0.39, 0.29) is 18.2 Å². The first-order valence-corrected chi connectivity index (χ1v) is 12.8. The summed E-state index contributed by atoms with van der Waals surface area (Å²) in [7, 11) is -4.00. The van der Waals surface area contributed by atoms with Crippen LogP contribution < -0.4 is 5.32 Å². The first-order chi connectivity index (χ1) is 15.9. The molecule has 2 saturated heterocycles. The predicted molar refractivity (Wildman–Crippen MR) is 120 cm³/mol. The van der Waals surface area contributed by atoms with Crippen molar-refractivity contribution < 1.29 is 26.8 Å². The summed E-state index contributed by atoms with van der Waals surface area (Å²) < 4.78 is 53.0. The summed E-state index contributed by atoms with van der Waals surface area (Å²) in [4.78, 5) is 14.6. The molecule has 2 aliphatic heterocycles. The van der Waals surface area contributed by atoms with Crippen LogP contribution in [-0.4, -0.2) is 69.5 Å². The van der Waals surface area contributed by atoms with Crippen LogP contribution in [-0.2, 0) is 14.8 Å². The van der Waals surface area contributed by atoms with Gasteiger partial charge >= 0.3 is 0 Å². The lowest BCUT2D eigenvalue weighted by Crippen LogP contribution is -2.43. The monoisotopic (exact) mass is 479 g/mol. The molecule has 1 unspecified atom stereocenters. The van der Waals surface area contributed by atoms with Crippen LogP contribution in [0, 0.1) is 12.7 Å². The van der Waals surface area contributed by atoms with Gasteiger partial charge in [0.05, 0.1) is 19.3 Å². The smallest absolute Gasteiger partial charge is 0.251 e. The largest absolute Gasteiger partial charge is 0.465 e. The van der Waals surface area contributed by atoms with E-state index in [1.165, 1.54) is 10.4 Å². The maximum absolute atomic E-state index is 14.5. The highest BCUT2D eigenvalue weighted by atomic mass is 32.2. The van der Waals surface area contributed by atoms with E-state index < -0.39 is 26.6 Å². The molecular formula is C23H30FN3O5S. The molecule has 8 nitrogen and oxygen atoms in total. The van der Waals surface area contributed by atoms with Crippen LogP contribution in [0.1, 0.15) is 47.2 Å². The van der Waals surface area contributed by atoms with Gasteiger partial charge in [-0.2, -0.15) is 4.31 Å². The molecular weight excluding hydrogens is 449 g/mol. The quantitative estimate of drug-likeness (QED) is 0.657. The van der Waals surface area contributed by atoms with Gasteiger partial charge < -0.3 is 14.5 Å². The summed E-state index contributed by atoms with van der Waals surface area (Å²) in [5.41, 5.74) is 0.100. The Labute approximate surface area is 193 Å². The number of halogens is 1. The van der Waals surface area contributed by atoms with Crippen molar-refractivity contribution in [1.82, 2.24) is 14.5 Å². The SMILES string of the molecule is Cc1ccc(C(CNC(=O)c2ccc(F)c(S(=O)(=O)N3CCCCC3)c2)N2CCOCC2)o1. The number of hydrogen-bond donors (Lipinski definition) is 1. The Morgan fingerprint density at radius 1 is 1.09 bits per heavy atom. The molecule has 2 aromatic rings. The molecule has 0 spiro atoms. The molecule has 1 aromatic heterocycles. The van der Waals surface area contributed by atoms with E-state index in [1.807, 2.05) is 19.1 Å². The van der Waals surface area contributed by atoms with Gasteiger partial charge in [-0.05, 0) is 50.1 Å². The number of piperidine rings is 1. The Morgan fingerprint density at radius 2 is 1.82 bits per heavy atom. The van der Waals surface area contributed by atoms with Crippen molar-refractivity contribution in [3.8, 4) is 0 Å². The summed E-state index contributed by atoms with van der Waals surface area (Å²) in [6.07, 6.45) is 2.45. The van der Waals surface area contributed by atoms with E-state index in [0.717, 1.165) is 42.9 Å². The molecule has 1 atom stereocenters. The molecule has 180 valence electrons. The minimum Gasteiger partial charge on any atom is -0.465 e. The maximum Gasteiger partial charge on any atom is 0.251 e. The second-order valence-corrected chi connectivity index (χ2v) is 10.3. The number of rotatable bonds is 7. The number of ether oxygens (including phenoxy) is 1. The van der Waals surface area contributed by atoms with Crippen LogP contribution in [0.2, 0.25) is 0 Å². The summed E-state index contributed by atoms with van der Waals surface area (Å²) in [5, 5.41) is 2.87. The van der Waals surface area contributed by atoms with Crippen LogP contribution >= 0.6 is 0 Å². The highest BCUT2D eigenvalue weighted by molar-refractivity contribution is 7.89. The van der Waals surface area contributed by atoms with E-state index in [4.69, 9.17) is 9.15 Å². The number of nitrogens with one attached hydrogen (secondary N) is 1. The van der Waals surface area contributed by atoms with Gasteiger partial charge in [-0.25, -0.2) is 12.8 Å². The number of amides is 1. The predicted octanol–water partition coefficient (Wildman–Crippen LogP) is 2.71. The van der Waals surface area contributed by atoms with Crippen molar-refractivity contribution in [3.63, 3.8) is 0 Å². The van der Waals surface area contributed by atoms with Gasteiger partial charge in [-0.3, -0.25) is 9.69 Å². The third-order valence-corrected chi connectivity index (χ3v) is 8.07. The van der Waals surface area contributed by atoms with Crippen molar-refractivity contribution in [1.29, 1.82) is 0 Å². The Kier molecular flexibility index (Phi) is 7.48. The summed E-state index contributed by atoms with van der Waals surface area (Å²) in [6, 6.07) is 7.06. The molecule has 0 aliphatic carbocycles. The molecule has 1 aromatic carbocycles. The van der Waals surface area contributed by atoms with Gasteiger partial charge in [-0.15, -0.1) is 0 Å². The van der Waals surface area contributed by atoms with Crippen molar-refractivity contribution in [3.05, 3.63) is 53.2 Å². The van der Waals surface area contributed by atoms with E-state index in [2.05, 4.69) is 10.2 Å². The number of aryl methyl sites for hydroxylation is 1. The van der Waals surface area contributed by atoms with E-state index in [0.29, 0.717) is 39.4 Å². The van der Waals surface area contributed by atoms with Gasteiger partial charge in [0.2, 0.25) is 10.0 Å². The molecule has 0 radical (unpaired) electrons. The molecule has 1 N–H and O–H groups in total. The third kappa shape index (κ3) is 5.46. The highest BCUT2D eigenvalue weighted by Gasteiger charge is 2.30. The zero-order valence-electron chi connectivity index (χ0n) is 18.8. The van der Waals surface area contributed by atoms with Crippen molar-refractivity contribution in [2.75, 3.05) is 45.9 Å². The van der Waals surface area contributed by atoms with Gasteiger partial charge in [-0.1, -0.05) is 6.42 Å². The molecule has 10 heteroatoms. The summed E-state index contributed by atoms with van der Waals surface area (Å²) in [6.45, 7) is 5.45. The fourth-order valence-corrected chi connectivity index (χ4v) is 5.92. The van der Waals surface area contributed by atoms with Gasteiger partial charge in [0.25, 0.3) is 5.91 Å². The number of nitrogens with zero attached hydrogens (tertiary/aromatic N) is 2. The Balaban J connectivity index is 1.51. The second kappa shape index (κ2) is 10.3. The summed E-state index contributed by atoms with van der Waals surface area (Å²) >= 11 is 0. The van der Waals surface area contributed by atoms with Crippen molar-refractivity contribution in [2.24, 2.45) is 0 Å². The zero-order chi connectivity index (χ0) is 23.4. The minimum absolute atomic E-state index is 0.100. The molecule has 2 fully saturated rings. The van der Waals surface area contributed by atoms with Crippen LogP contribution in [0.4, 0.5) is 4.39 Å². The number of morpholine rings is 1. The van der Waals surface area contributed by atoms with E-state index in [9.17, 15) is 17.6 Å². The first kappa shape index (κ1) is 23.9. The number of carbonyl (C=O) groups excluding carboxylic acids is 1. The molecule has 0 saturated carbocycles. The fourth-order valence-electron chi connectivity index (χ4n) is 4.31. The molecule has 2 aliphatic rings. The van der Waals surface area contributed by atoms with Crippen LogP contribution in [0.15, 0.2) is 39.6 Å². The molecule has 3 heterocycles. The molecule has 33 heavy (non-hydrogen) atoms. The second-order valence-electron chi connectivity index (χ2n) is 8.43. The van der Waals surface area contributed by atoms with Crippen molar-refractivity contribution >= 4 is 15.9 Å². The first-order valence-electron chi connectivity index (χ1n) is 11.3. The fraction of sp³-hybridized carbons (Fsp3) is 0.522. The average Bonchev–Trinajstić information content (AvgIpc) is 3.26. The lowest BCUT2D eigenvalue weighted by molar-refractivity contribution is 0.0117. The zero-order valence-corrected chi connectivity index (χ0v) is 19.6. The normalized spacial score (nSPS) is 19.3. The third-order valence-electron chi connectivity index (χ3n) is 6.16. The Morgan fingerprint density at radius 3 is 2.48 bits per heavy atom. The lowest BCUT2D eigenvalue weighted by Gasteiger charge is -2.33. The van der Waals surface area contributed by atoms with Crippen LogP contribution in [0.25, 0.3) is 0 Å². The lowest BCUT2D eigenvalue weighted by atomic mass is 10.1. The summed E-state index contributed by atoms with van der Waals surface area (Å²) in [5.74, 6) is 0.198. The van der Waals surface area contributed by atoms with Crippen molar-refractivity contribution in [2.45, 2.75) is 37.1 Å². The maximum atomic E-state index is 14.5.